The van der Waals surface area contributed by atoms with E-state index in [-0.39, 0.29) is 25.0 Å². The summed E-state index contributed by atoms with van der Waals surface area (Å²) < 4.78 is 5.38. The van der Waals surface area contributed by atoms with E-state index >= 15 is 0 Å². The van der Waals surface area contributed by atoms with Gasteiger partial charge in [-0.1, -0.05) is 11.6 Å². The molecule has 0 heterocycles. The Labute approximate surface area is 112 Å². The average Bonchev–Trinajstić information content (AvgIpc) is 2.28. The van der Waals surface area contributed by atoms with E-state index < -0.39 is 0 Å². The molecule has 0 aliphatic heterocycles. The molecule has 0 saturated heterocycles. The number of nitrogens with one attached hydrogen (secondary N) is 1. The van der Waals surface area contributed by atoms with E-state index in [1.807, 2.05) is 19.9 Å². The molecule has 0 atom stereocenters. The molecule has 0 spiro atoms. The van der Waals surface area contributed by atoms with Crippen molar-refractivity contribution in [2.45, 2.75) is 26.3 Å². The fourth-order valence-electron chi connectivity index (χ4n) is 1.33. The van der Waals surface area contributed by atoms with Gasteiger partial charge in [-0.2, -0.15) is 5.26 Å². The maximum absolute atomic E-state index is 11.4. The van der Waals surface area contributed by atoms with Crippen LogP contribution in [-0.4, -0.2) is 18.6 Å². The Hall–Kier alpha value is -1.73. The predicted molar refractivity (Wildman–Crippen MR) is 69.6 cm³/mol. The highest BCUT2D eigenvalue weighted by molar-refractivity contribution is 6.31. The molecule has 5 heteroatoms. The van der Waals surface area contributed by atoms with Crippen LogP contribution in [0.4, 0.5) is 0 Å². The summed E-state index contributed by atoms with van der Waals surface area (Å²) in [6, 6.07) is 6.91. The first-order chi connectivity index (χ1) is 8.52. The van der Waals surface area contributed by atoms with Crippen LogP contribution in [0.15, 0.2) is 18.2 Å². The smallest absolute Gasteiger partial charge is 0.223 e. The van der Waals surface area contributed by atoms with Gasteiger partial charge in [0.25, 0.3) is 0 Å². The first-order valence-electron chi connectivity index (χ1n) is 5.64. The predicted octanol–water partition coefficient (Wildman–Crippen LogP) is 2.51. The quantitative estimate of drug-likeness (QED) is 0.891. The Kier molecular flexibility index (Phi) is 5.47. The Morgan fingerprint density at radius 2 is 2.28 bits per heavy atom. The van der Waals surface area contributed by atoms with Gasteiger partial charge in [0.05, 0.1) is 23.6 Å². The fraction of sp³-hybridized carbons (Fsp3) is 0.385. The third-order valence-electron chi connectivity index (χ3n) is 2.11. The van der Waals surface area contributed by atoms with Crippen molar-refractivity contribution >= 4 is 17.5 Å². The van der Waals surface area contributed by atoms with E-state index in [0.717, 1.165) is 0 Å². The zero-order valence-electron chi connectivity index (χ0n) is 10.4. The molecule has 1 aromatic rings. The van der Waals surface area contributed by atoms with Crippen molar-refractivity contribution in [3.8, 4) is 11.8 Å². The zero-order valence-corrected chi connectivity index (χ0v) is 11.1. The average molecular weight is 267 g/mol. The minimum absolute atomic E-state index is 0.0512. The summed E-state index contributed by atoms with van der Waals surface area (Å²) >= 11 is 5.86. The van der Waals surface area contributed by atoms with E-state index in [1.54, 1.807) is 18.2 Å². The normalized spacial score (nSPS) is 9.94. The molecular formula is C13H15ClN2O2. The lowest BCUT2D eigenvalue weighted by molar-refractivity contribution is -0.122. The highest BCUT2D eigenvalue weighted by atomic mass is 35.5. The van der Waals surface area contributed by atoms with Crippen LogP contribution in [0.25, 0.3) is 0 Å². The second-order valence-electron chi connectivity index (χ2n) is 4.07. The summed E-state index contributed by atoms with van der Waals surface area (Å²) in [5, 5.41) is 11.8. The minimum atomic E-state index is -0.0512. The van der Waals surface area contributed by atoms with Crippen LogP contribution in [0.5, 0.6) is 5.75 Å². The number of nitriles is 1. The third-order valence-corrected chi connectivity index (χ3v) is 2.42. The van der Waals surface area contributed by atoms with Crippen molar-refractivity contribution in [1.82, 2.24) is 5.32 Å². The number of benzene rings is 1. The first kappa shape index (κ1) is 14.3. The molecule has 4 nitrogen and oxygen atoms in total. The molecule has 1 amide bonds. The molecule has 1 aromatic carbocycles. The SMILES string of the molecule is CC(C)NC(=O)CCOc1ccc(C#N)c(Cl)c1. The molecule has 1 N–H and O–H groups in total. The molecule has 0 unspecified atom stereocenters. The van der Waals surface area contributed by atoms with Crippen molar-refractivity contribution in [2.24, 2.45) is 0 Å². The van der Waals surface area contributed by atoms with Crippen LogP contribution in [0.1, 0.15) is 25.8 Å². The van der Waals surface area contributed by atoms with E-state index in [4.69, 9.17) is 21.6 Å². The topological polar surface area (TPSA) is 62.1 Å². The van der Waals surface area contributed by atoms with Crippen LogP contribution in [-0.2, 0) is 4.79 Å². The second kappa shape index (κ2) is 6.87. The minimum Gasteiger partial charge on any atom is -0.493 e. The number of amides is 1. The number of carbonyl (C=O) groups excluding carboxylic acids is 1. The molecule has 18 heavy (non-hydrogen) atoms. The largest absolute Gasteiger partial charge is 0.493 e. The number of rotatable bonds is 5. The highest BCUT2D eigenvalue weighted by Gasteiger charge is 2.05. The lowest BCUT2D eigenvalue weighted by Crippen LogP contribution is -2.31. The first-order valence-corrected chi connectivity index (χ1v) is 6.02. The van der Waals surface area contributed by atoms with Crippen LogP contribution in [0, 0.1) is 11.3 Å². The fourth-order valence-corrected chi connectivity index (χ4v) is 1.54. The van der Waals surface area contributed by atoms with Gasteiger partial charge in [-0.3, -0.25) is 4.79 Å². The van der Waals surface area contributed by atoms with Crippen molar-refractivity contribution in [2.75, 3.05) is 6.61 Å². The van der Waals surface area contributed by atoms with Gasteiger partial charge in [0, 0.05) is 12.1 Å². The van der Waals surface area contributed by atoms with Crippen molar-refractivity contribution in [3.05, 3.63) is 28.8 Å². The van der Waals surface area contributed by atoms with Crippen LogP contribution >= 0.6 is 11.6 Å². The van der Waals surface area contributed by atoms with Gasteiger partial charge < -0.3 is 10.1 Å². The lowest BCUT2D eigenvalue weighted by atomic mass is 10.2. The van der Waals surface area contributed by atoms with Crippen molar-refractivity contribution in [3.63, 3.8) is 0 Å². The van der Waals surface area contributed by atoms with E-state index in [9.17, 15) is 4.79 Å². The summed E-state index contributed by atoms with van der Waals surface area (Å²) in [7, 11) is 0. The summed E-state index contributed by atoms with van der Waals surface area (Å²) in [4.78, 5) is 11.4. The van der Waals surface area contributed by atoms with Crippen LogP contribution in [0.2, 0.25) is 5.02 Å². The number of ether oxygens (including phenoxy) is 1. The van der Waals surface area contributed by atoms with Gasteiger partial charge in [0.2, 0.25) is 5.91 Å². The molecule has 0 aliphatic carbocycles. The molecule has 1 rings (SSSR count). The Morgan fingerprint density at radius 3 is 2.83 bits per heavy atom. The van der Waals surface area contributed by atoms with Gasteiger partial charge in [-0.05, 0) is 26.0 Å². The van der Waals surface area contributed by atoms with E-state index in [2.05, 4.69) is 5.32 Å². The van der Waals surface area contributed by atoms with Gasteiger partial charge >= 0.3 is 0 Å². The number of hydrogen-bond donors (Lipinski definition) is 1. The number of halogens is 1. The van der Waals surface area contributed by atoms with Crippen LogP contribution < -0.4 is 10.1 Å². The second-order valence-corrected chi connectivity index (χ2v) is 4.48. The molecule has 0 fully saturated rings. The molecule has 0 radical (unpaired) electrons. The van der Waals surface area contributed by atoms with Crippen LogP contribution in [0.3, 0.4) is 0 Å². The van der Waals surface area contributed by atoms with E-state index in [1.165, 1.54) is 0 Å². The Morgan fingerprint density at radius 1 is 1.56 bits per heavy atom. The number of hydrogen-bond acceptors (Lipinski definition) is 3. The maximum Gasteiger partial charge on any atom is 0.223 e. The molecule has 0 aromatic heterocycles. The zero-order chi connectivity index (χ0) is 13.5. The Balaban J connectivity index is 2.43. The number of carbonyl (C=O) groups is 1. The van der Waals surface area contributed by atoms with Gasteiger partial charge in [0.15, 0.2) is 0 Å². The van der Waals surface area contributed by atoms with Gasteiger partial charge in [-0.15, -0.1) is 0 Å². The molecule has 96 valence electrons. The third kappa shape index (κ3) is 4.64. The van der Waals surface area contributed by atoms with Gasteiger partial charge in [0.1, 0.15) is 11.8 Å². The molecule has 0 bridgehead atoms. The summed E-state index contributed by atoms with van der Waals surface area (Å²) in [6.45, 7) is 4.08. The molecule has 0 saturated carbocycles. The van der Waals surface area contributed by atoms with E-state index in [0.29, 0.717) is 16.3 Å². The highest BCUT2D eigenvalue weighted by Crippen LogP contribution is 2.21. The van der Waals surface area contributed by atoms with Gasteiger partial charge in [-0.25, -0.2) is 0 Å². The van der Waals surface area contributed by atoms with Crippen molar-refractivity contribution in [1.29, 1.82) is 5.26 Å². The molecular weight excluding hydrogens is 252 g/mol. The van der Waals surface area contributed by atoms with Crippen molar-refractivity contribution < 1.29 is 9.53 Å². The molecule has 0 aliphatic rings. The lowest BCUT2D eigenvalue weighted by Gasteiger charge is -2.09. The number of nitrogens with zero attached hydrogens (tertiary/aromatic N) is 1. The summed E-state index contributed by atoms with van der Waals surface area (Å²) in [6.07, 6.45) is 0.288. The maximum atomic E-state index is 11.4. The Bertz CT molecular complexity index is 467. The standard InChI is InChI=1S/C13H15ClN2O2/c1-9(2)16-13(17)5-6-18-11-4-3-10(8-15)12(14)7-11/h3-4,7,9H,5-6H2,1-2H3,(H,16,17). The summed E-state index contributed by atoms with van der Waals surface area (Å²) in [5.41, 5.74) is 0.404. The monoisotopic (exact) mass is 266 g/mol. The summed E-state index contributed by atoms with van der Waals surface area (Å²) in [5.74, 6) is 0.501.